The molecule has 0 spiro atoms. The molecule has 0 N–H and O–H groups in total. The highest BCUT2D eigenvalue weighted by atomic mass is 16.5. The van der Waals surface area contributed by atoms with Crippen LogP contribution < -0.4 is 0 Å². The van der Waals surface area contributed by atoms with Crippen molar-refractivity contribution in [2.75, 3.05) is 33.3 Å². The fourth-order valence-electron chi connectivity index (χ4n) is 3.27. The highest BCUT2D eigenvalue weighted by molar-refractivity contribution is 5.94. The van der Waals surface area contributed by atoms with E-state index in [0.717, 1.165) is 42.7 Å². The molecule has 1 saturated heterocycles. The molecule has 6 heteroatoms. The lowest BCUT2D eigenvalue weighted by molar-refractivity contribution is 0.0561. The first-order valence-corrected chi connectivity index (χ1v) is 8.81. The Morgan fingerprint density at radius 1 is 1.15 bits per heavy atom. The van der Waals surface area contributed by atoms with Crippen molar-refractivity contribution in [2.24, 2.45) is 0 Å². The summed E-state index contributed by atoms with van der Waals surface area (Å²) in [7, 11) is 1.34. The van der Waals surface area contributed by atoms with Crippen molar-refractivity contribution in [2.45, 2.75) is 19.9 Å². The number of carbonyl (C=O) groups excluding carboxylic acids is 2. The molecule has 0 bridgehead atoms. The Hall–Kier alpha value is -2.60. The van der Waals surface area contributed by atoms with Crippen LogP contribution in [0, 0.1) is 6.92 Å². The average molecular weight is 356 g/mol. The first-order chi connectivity index (χ1) is 12.6. The Bertz CT molecular complexity index is 784. The van der Waals surface area contributed by atoms with Crippen LogP contribution in [0.1, 0.15) is 38.5 Å². The molecule has 1 aromatic carbocycles. The summed E-state index contributed by atoms with van der Waals surface area (Å²) < 4.78 is 10.0. The molecule has 1 aromatic heterocycles. The van der Waals surface area contributed by atoms with Crippen LogP contribution in [0.15, 0.2) is 41.0 Å². The second kappa shape index (κ2) is 8.19. The summed E-state index contributed by atoms with van der Waals surface area (Å²) in [5.41, 5.74) is 2.64. The number of carbonyl (C=O) groups is 2. The van der Waals surface area contributed by atoms with Gasteiger partial charge in [-0.1, -0.05) is 17.7 Å². The molecule has 2 heterocycles. The van der Waals surface area contributed by atoms with Crippen molar-refractivity contribution in [3.05, 3.63) is 59.0 Å². The monoisotopic (exact) mass is 356 g/mol. The minimum atomic E-state index is -0.462. The van der Waals surface area contributed by atoms with E-state index in [0.29, 0.717) is 13.1 Å². The average Bonchev–Trinajstić information content (AvgIpc) is 2.98. The van der Waals surface area contributed by atoms with Gasteiger partial charge < -0.3 is 14.1 Å². The lowest BCUT2D eigenvalue weighted by atomic mass is 10.1. The fourth-order valence-corrected chi connectivity index (χ4v) is 3.27. The Morgan fingerprint density at radius 3 is 2.77 bits per heavy atom. The molecule has 0 aliphatic carbocycles. The predicted octanol–water partition coefficient (Wildman–Crippen LogP) is 2.72. The standard InChI is InChI=1S/C20H24N2O4/c1-15-5-3-6-16(13-15)19(23)22-9-4-8-21(10-11-22)14-17-7-12-26-18(17)20(24)25-2/h3,5-7,12-13H,4,8-11,14H2,1-2H3. The van der Waals surface area contributed by atoms with Crippen LogP contribution in [0.4, 0.5) is 0 Å². The summed E-state index contributed by atoms with van der Waals surface area (Å²) >= 11 is 0. The Morgan fingerprint density at radius 2 is 2.00 bits per heavy atom. The van der Waals surface area contributed by atoms with E-state index < -0.39 is 5.97 Å². The summed E-state index contributed by atoms with van der Waals surface area (Å²) in [4.78, 5) is 28.6. The van der Waals surface area contributed by atoms with Gasteiger partial charge >= 0.3 is 5.97 Å². The van der Waals surface area contributed by atoms with Crippen LogP contribution in [0.2, 0.25) is 0 Å². The van der Waals surface area contributed by atoms with Crippen molar-refractivity contribution in [1.29, 1.82) is 0 Å². The number of hydrogen-bond donors (Lipinski definition) is 0. The smallest absolute Gasteiger partial charge is 0.374 e. The molecule has 2 aromatic rings. The van der Waals surface area contributed by atoms with Gasteiger partial charge in [-0.25, -0.2) is 4.79 Å². The highest BCUT2D eigenvalue weighted by Crippen LogP contribution is 2.17. The van der Waals surface area contributed by atoms with Gasteiger partial charge in [-0.2, -0.15) is 0 Å². The van der Waals surface area contributed by atoms with Gasteiger partial charge in [-0.05, 0) is 31.5 Å². The molecule has 1 amide bonds. The topological polar surface area (TPSA) is 63.0 Å². The third kappa shape index (κ3) is 4.14. The van der Waals surface area contributed by atoms with E-state index in [1.807, 2.05) is 36.1 Å². The zero-order valence-corrected chi connectivity index (χ0v) is 15.2. The molecule has 1 fully saturated rings. The zero-order chi connectivity index (χ0) is 18.5. The van der Waals surface area contributed by atoms with Gasteiger partial charge in [0.15, 0.2) is 0 Å². The molecule has 6 nitrogen and oxygen atoms in total. The number of amides is 1. The van der Waals surface area contributed by atoms with Gasteiger partial charge in [0, 0.05) is 43.9 Å². The van der Waals surface area contributed by atoms with E-state index in [4.69, 9.17) is 9.15 Å². The van der Waals surface area contributed by atoms with Crippen LogP contribution in [-0.2, 0) is 11.3 Å². The molecule has 26 heavy (non-hydrogen) atoms. The second-order valence-electron chi connectivity index (χ2n) is 6.56. The SMILES string of the molecule is COC(=O)c1occc1CN1CCCN(C(=O)c2cccc(C)c2)CC1. The predicted molar refractivity (Wildman–Crippen MR) is 97.0 cm³/mol. The molecule has 0 atom stereocenters. The van der Waals surface area contributed by atoms with E-state index in [1.54, 1.807) is 6.07 Å². The summed E-state index contributed by atoms with van der Waals surface area (Å²) in [5, 5.41) is 0. The van der Waals surface area contributed by atoms with Crippen LogP contribution in [0.5, 0.6) is 0 Å². The van der Waals surface area contributed by atoms with Gasteiger partial charge in [-0.15, -0.1) is 0 Å². The number of rotatable bonds is 4. The number of aryl methyl sites for hydroxylation is 1. The molecule has 0 radical (unpaired) electrons. The third-order valence-corrected chi connectivity index (χ3v) is 4.65. The highest BCUT2D eigenvalue weighted by Gasteiger charge is 2.23. The first kappa shape index (κ1) is 18.2. The van der Waals surface area contributed by atoms with Gasteiger partial charge in [0.05, 0.1) is 13.4 Å². The molecule has 138 valence electrons. The quantitative estimate of drug-likeness (QED) is 0.788. The van der Waals surface area contributed by atoms with Crippen LogP contribution in [-0.4, -0.2) is 55.0 Å². The van der Waals surface area contributed by atoms with Gasteiger partial charge in [0.25, 0.3) is 5.91 Å². The molecule has 3 rings (SSSR count). The zero-order valence-electron chi connectivity index (χ0n) is 15.2. The summed E-state index contributed by atoms with van der Waals surface area (Å²) in [5.74, 6) is -0.130. The Labute approximate surface area is 153 Å². The molecular formula is C20H24N2O4. The lowest BCUT2D eigenvalue weighted by Crippen LogP contribution is -2.35. The Balaban J connectivity index is 1.63. The third-order valence-electron chi connectivity index (χ3n) is 4.65. The normalized spacial score (nSPS) is 15.5. The lowest BCUT2D eigenvalue weighted by Gasteiger charge is -2.22. The largest absolute Gasteiger partial charge is 0.463 e. The van der Waals surface area contributed by atoms with Crippen molar-refractivity contribution in [1.82, 2.24) is 9.80 Å². The number of hydrogen-bond acceptors (Lipinski definition) is 5. The van der Waals surface area contributed by atoms with Gasteiger partial charge in [0.2, 0.25) is 5.76 Å². The number of esters is 1. The van der Waals surface area contributed by atoms with Crippen molar-refractivity contribution in [3.63, 3.8) is 0 Å². The first-order valence-electron chi connectivity index (χ1n) is 8.81. The molecular weight excluding hydrogens is 332 g/mol. The van der Waals surface area contributed by atoms with Crippen LogP contribution in [0.25, 0.3) is 0 Å². The summed E-state index contributed by atoms with van der Waals surface area (Å²) in [6, 6.07) is 9.50. The maximum Gasteiger partial charge on any atom is 0.374 e. The second-order valence-corrected chi connectivity index (χ2v) is 6.56. The van der Waals surface area contributed by atoms with E-state index in [-0.39, 0.29) is 11.7 Å². The summed E-state index contributed by atoms with van der Waals surface area (Å²) in [6.07, 6.45) is 2.40. The van der Waals surface area contributed by atoms with Crippen molar-refractivity contribution < 1.29 is 18.7 Å². The maximum atomic E-state index is 12.7. The van der Waals surface area contributed by atoms with Crippen molar-refractivity contribution in [3.8, 4) is 0 Å². The maximum absolute atomic E-state index is 12.7. The van der Waals surface area contributed by atoms with Gasteiger partial charge in [-0.3, -0.25) is 9.69 Å². The number of methoxy groups -OCH3 is 1. The molecule has 1 aliphatic rings. The van der Waals surface area contributed by atoms with Crippen LogP contribution in [0.3, 0.4) is 0 Å². The van der Waals surface area contributed by atoms with Gasteiger partial charge in [0.1, 0.15) is 0 Å². The van der Waals surface area contributed by atoms with E-state index in [2.05, 4.69) is 4.90 Å². The summed E-state index contributed by atoms with van der Waals surface area (Å²) in [6.45, 7) is 5.61. The number of benzene rings is 1. The van der Waals surface area contributed by atoms with E-state index in [1.165, 1.54) is 13.4 Å². The van der Waals surface area contributed by atoms with E-state index >= 15 is 0 Å². The number of furan rings is 1. The Kier molecular flexibility index (Phi) is 5.73. The minimum absolute atomic E-state index is 0.0779. The fraction of sp³-hybridized carbons (Fsp3) is 0.400. The minimum Gasteiger partial charge on any atom is -0.463 e. The molecule has 1 aliphatic heterocycles. The molecule has 0 unspecified atom stereocenters. The number of ether oxygens (including phenoxy) is 1. The van der Waals surface area contributed by atoms with E-state index in [9.17, 15) is 9.59 Å². The van der Waals surface area contributed by atoms with Crippen molar-refractivity contribution >= 4 is 11.9 Å². The molecule has 0 saturated carbocycles. The van der Waals surface area contributed by atoms with Crippen LogP contribution >= 0.6 is 0 Å². The number of nitrogens with zero attached hydrogens (tertiary/aromatic N) is 2.